The molecule has 1 aliphatic carbocycles. The minimum Gasteiger partial charge on any atom is -0.444 e. The number of amides is 1. The molecule has 0 N–H and O–H groups in total. The fourth-order valence-electron chi connectivity index (χ4n) is 2.31. The van der Waals surface area contributed by atoms with Gasteiger partial charge in [-0.3, -0.25) is 0 Å². The Bertz CT molecular complexity index is 253. The molecule has 2 aliphatic rings. The predicted octanol–water partition coefficient (Wildman–Crippen LogP) is 2.80. The molecule has 1 amide bonds. The maximum absolute atomic E-state index is 11.9. The standard InChI is InChI=1S/C12H21NO2/c1-12(2,3)15-11(14)13-8-4-5-10(13)9-6-7-9/h9-10H,4-8H2,1-3H3. The summed E-state index contributed by atoms with van der Waals surface area (Å²) in [5.41, 5.74) is -0.367. The Hall–Kier alpha value is -0.730. The van der Waals surface area contributed by atoms with Crippen LogP contribution in [0.4, 0.5) is 4.79 Å². The second-order valence-electron chi connectivity index (χ2n) is 5.72. The molecule has 1 unspecified atom stereocenters. The summed E-state index contributed by atoms with van der Waals surface area (Å²) < 4.78 is 5.42. The third-order valence-electron chi connectivity index (χ3n) is 3.09. The van der Waals surface area contributed by atoms with Gasteiger partial charge in [-0.1, -0.05) is 0 Å². The van der Waals surface area contributed by atoms with E-state index in [-0.39, 0.29) is 11.7 Å². The highest BCUT2D eigenvalue weighted by molar-refractivity contribution is 5.69. The minimum absolute atomic E-state index is 0.114. The van der Waals surface area contributed by atoms with E-state index in [1.807, 2.05) is 25.7 Å². The van der Waals surface area contributed by atoms with Crippen LogP contribution in [0.2, 0.25) is 0 Å². The third-order valence-corrected chi connectivity index (χ3v) is 3.09. The van der Waals surface area contributed by atoms with Gasteiger partial charge in [0.25, 0.3) is 0 Å². The fourth-order valence-corrected chi connectivity index (χ4v) is 2.31. The second-order valence-corrected chi connectivity index (χ2v) is 5.72. The third kappa shape index (κ3) is 2.64. The van der Waals surface area contributed by atoms with E-state index in [2.05, 4.69) is 0 Å². The van der Waals surface area contributed by atoms with Gasteiger partial charge in [0.2, 0.25) is 0 Å². The number of carbonyl (C=O) groups excluding carboxylic acids is 1. The Morgan fingerprint density at radius 3 is 2.47 bits per heavy atom. The first-order valence-corrected chi connectivity index (χ1v) is 5.97. The molecule has 2 fully saturated rings. The highest BCUT2D eigenvalue weighted by Crippen LogP contribution is 2.40. The van der Waals surface area contributed by atoms with Crippen molar-refractivity contribution >= 4 is 6.09 Å². The second kappa shape index (κ2) is 3.69. The van der Waals surface area contributed by atoms with Crippen molar-refractivity contribution in [3.05, 3.63) is 0 Å². The van der Waals surface area contributed by atoms with Crippen LogP contribution < -0.4 is 0 Å². The van der Waals surface area contributed by atoms with Gasteiger partial charge < -0.3 is 9.64 Å². The van der Waals surface area contributed by atoms with Crippen LogP contribution in [-0.2, 0) is 4.74 Å². The zero-order valence-electron chi connectivity index (χ0n) is 9.95. The van der Waals surface area contributed by atoms with E-state index in [4.69, 9.17) is 4.74 Å². The van der Waals surface area contributed by atoms with E-state index >= 15 is 0 Å². The maximum atomic E-state index is 11.9. The lowest BCUT2D eigenvalue weighted by Crippen LogP contribution is -2.40. The van der Waals surface area contributed by atoms with Crippen LogP contribution in [0.3, 0.4) is 0 Å². The molecule has 1 heterocycles. The van der Waals surface area contributed by atoms with Crippen LogP contribution in [-0.4, -0.2) is 29.2 Å². The van der Waals surface area contributed by atoms with Gasteiger partial charge in [0.05, 0.1) is 0 Å². The van der Waals surface area contributed by atoms with Crippen LogP contribution in [0, 0.1) is 5.92 Å². The Balaban J connectivity index is 1.93. The molecule has 3 nitrogen and oxygen atoms in total. The molecule has 1 saturated heterocycles. The summed E-state index contributed by atoms with van der Waals surface area (Å²) in [6.45, 7) is 6.66. The van der Waals surface area contributed by atoms with Crippen LogP contribution in [0.5, 0.6) is 0 Å². The molecule has 15 heavy (non-hydrogen) atoms. The number of rotatable bonds is 1. The monoisotopic (exact) mass is 211 g/mol. The van der Waals surface area contributed by atoms with Gasteiger partial charge >= 0.3 is 6.09 Å². The Morgan fingerprint density at radius 1 is 1.27 bits per heavy atom. The molecule has 86 valence electrons. The molecule has 2 rings (SSSR count). The molecule has 0 radical (unpaired) electrons. The number of hydrogen-bond acceptors (Lipinski definition) is 2. The summed E-state index contributed by atoms with van der Waals surface area (Å²) in [6.07, 6.45) is 4.79. The molecular weight excluding hydrogens is 190 g/mol. The first-order chi connectivity index (χ1) is 6.97. The molecule has 1 atom stereocenters. The Kier molecular flexibility index (Phi) is 2.65. The lowest BCUT2D eigenvalue weighted by atomic mass is 10.1. The lowest BCUT2D eigenvalue weighted by Gasteiger charge is -2.28. The van der Waals surface area contributed by atoms with Crippen LogP contribution in [0.15, 0.2) is 0 Å². The van der Waals surface area contributed by atoms with Crippen molar-refractivity contribution in [2.75, 3.05) is 6.54 Å². The predicted molar refractivity (Wildman–Crippen MR) is 58.7 cm³/mol. The van der Waals surface area contributed by atoms with Crippen LogP contribution >= 0.6 is 0 Å². The van der Waals surface area contributed by atoms with Crippen molar-refractivity contribution in [1.82, 2.24) is 4.90 Å². The summed E-state index contributed by atoms with van der Waals surface area (Å²) in [5, 5.41) is 0. The molecule has 1 aliphatic heterocycles. The number of carbonyl (C=O) groups is 1. The minimum atomic E-state index is -0.367. The molecule has 0 aromatic rings. The van der Waals surface area contributed by atoms with Gasteiger partial charge in [-0.2, -0.15) is 0 Å². The van der Waals surface area contributed by atoms with Gasteiger partial charge in [-0.15, -0.1) is 0 Å². The van der Waals surface area contributed by atoms with E-state index in [9.17, 15) is 4.79 Å². The summed E-state index contributed by atoms with van der Waals surface area (Å²) in [6, 6.07) is 0.472. The molecule has 1 saturated carbocycles. The van der Waals surface area contributed by atoms with Crippen LogP contribution in [0.25, 0.3) is 0 Å². The highest BCUT2D eigenvalue weighted by Gasteiger charge is 2.41. The van der Waals surface area contributed by atoms with E-state index in [1.54, 1.807) is 0 Å². The first kappa shape index (κ1) is 10.8. The smallest absolute Gasteiger partial charge is 0.410 e. The van der Waals surface area contributed by atoms with Gasteiger partial charge in [0, 0.05) is 12.6 Å². The molecule has 0 spiro atoms. The Labute approximate surface area is 91.8 Å². The zero-order valence-corrected chi connectivity index (χ0v) is 9.95. The van der Waals surface area contributed by atoms with Crippen molar-refractivity contribution in [3.63, 3.8) is 0 Å². The normalized spacial score (nSPS) is 26.9. The largest absolute Gasteiger partial charge is 0.444 e. The zero-order chi connectivity index (χ0) is 11.1. The average molecular weight is 211 g/mol. The van der Waals surface area contributed by atoms with E-state index < -0.39 is 0 Å². The highest BCUT2D eigenvalue weighted by atomic mass is 16.6. The molecule has 3 heteroatoms. The molecule has 0 aromatic heterocycles. The van der Waals surface area contributed by atoms with Crippen molar-refractivity contribution in [3.8, 4) is 0 Å². The Morgan fingerprint density at radius 2 is 1.93 bits per heavy atom. The summed E-state index contributed by atoms with van der Waals surface area (Å²) >= 11 is 0. The number of nitrogens with zero attached hydrogens (tertiary/aromatic N) is 1. The van der Waals surface area contributed by atoms with Gasteiger partial charge in [-0.25, -0.2) is 4.79 Å². The molecular formula is C12H21NO2. The van der Waals surface area contributed by atoms with Crippen molar-refractivity contribution < 1.29 is 9.53 Å². The summed E-state index contributed by atoms with van der Waals surface area (Å²) in [7, 11) is 0. The molecule has 0 aromatic carbocycles. The van der Waals surface area contributed by atoms with Crippen molar-refractivity contribution in [2.45, 2.75) is 58.1 Å². The number of hydrogen-bond donors (Lipinski definition) is 0. The first-order valence-electron chi connectivity index (χ1n) is 5.97. The van der Waals surface area contributed by atoms with E-state index in [0.29, 0.717) is 6.04 Å². The maximum Gasteiger partial charge on any atom is 0.410 e. The van der Waals surface area contributed by atoms with Crippen molar-refractivity contribution in [1.29, 1.82) is 0 Å². The van der Waals surface area contributed by atoms with Crippen molar-refractivity contribution in [2.24, 2.45) is 5.92 Å². The lowest BCUT2D eigenvalue weighted by molar-refractivity contribution is 0.0210. The summed E-state index contributed by atoms with van der Waals surface area (Å²) in [5.74, 6) is 0.764. The SMILES string of the molecule is CC(C)(C)OC(=O)N1CCCC1C1CC1. The van der Waals surface area contributed by atoms with Crippen LogP contribution in [0.1, 0.15) is 46.5 Å². The molecule has 0 bridgehead atoms. The topological polar surface area (TPSA) is 29.5 Å². The number of likely N-dealkylation sites (tertiary alicyclic amines) is 1. The van der Waals surface area contributed by atoms with Gasteiger partial charge in [-0.05, 0) is 52.4 Å². The quantitative estimate of drug-likeness (QED) is 0.667. The van der Waals surface area contributed by atoms with E-state index in [0.717, 1.165) is 18.9 Å². The summed E-state index contributed by atoms with van der Waals surface area (Å²) in [4.78, 5) is 13.9. The average Bonchev–Trinajstić information content (AvgIpc) is 2.80. The number of ether oxygens (including phenoxy) is 1. The van der Waals surface area contributed by atoms with E-state index in [1.165, 1.54) is 19.3 Å². The van der Waals surface area contributed by atoms with Gasteiger partial charge in [0.15, 0.2) is 0 Å². The fraction of sp³-hybridized carbons (Fsp3) is 0.917. The van der Waals surface area contributed by atoms with Gasteiger partial charge in [0.1, 0.15) is 5.60 Å².